The Kier molecular flexibility index (Phi) is 4.47. The summed E-state index contributed by atoms with van der Waals surface area (Å²) in [5.41, 5.74) is 3.39. The van der Waals surface area contributed by atoms with E-state index in [1.807, 2.05) is 6.07 Å². The molecule has 16 heavy (non-hydrogen) atoms. The zero-order chi connectivity index (χ0) is 9.38. The summed E-state index contributed by atoms with van der Waals surface area (Å²) in [7, 11) is 0. The van der Waals surface area contributed by atoms with Crippen molar-refractivity contribution in [3.8, 4) is 0 Å². The smallest absolute Gasteiger partial charge is 0.159 e. The van der Waals surface area contributed by atoms with E-state index in [9.17, 15) is 0 Å². The number of aromatic nitrogens is 2. The van der Waals surface area contributed by atoms with Gasteiger partial charge in [0.05, 0.1) is 0 Å². The molecule has 0 atom stereocenters. The van der Waals surface area contributed by atoms with Crippen molar-refractivity contribution in [2.75, 3.05) is 6.54 Å². The molecule has 0 unspecified atom stereocenters. The number of fused-ring (bicyclic) bond motifs is 2. The number of halogens is 2. The first-order valence-electron chi connectivity index (χ1n) is 4.88. The first kappa shape index (κ1) is 13.2. The van der Waals surface area contributed by atoms with Gasteiger partial charge >= 0.3 is 0 Å². The molecule has 0 aromatic carbocycles. The average Bonchev–Trinajstić information content (AvgIpc) is 2.26. The second-order valence-electron chi connectivity index (χ2n) is 3.57. The second-order valence-corrected chi connectivity index (χ2v) is 3.57. The summed E-state index contributed by atoms with van der Waals surface area (Å²) < 4.78 is 0. The zero-order valence-corrected chi connectivity index (χ0v) is 10.3. The van der Waals surface area contributed by atoms with Crippen LogP contribution in [0.3, 0.4) is 0 Å². The highest BCUT2D eigenvalue weighted by Crippen LogP contribution is 2.17. The van der Waals surface area contributed by atoms with E-state index in [0.717, 1.165) is 30.5 Å². The van der Waals surface area contributed by atoms with Crippen LogP contribution in [0, 0.1) is 0 Å². The lowest BCUT2D eigenvalue weighted by atomic mass is 10.1. The maximum atomic E-state index is 4.56. The number of nitrogens with zero attached hydrogens (tertiary/aromatic N) is 2. The van der Waals surface area contributed by atoms with Crippen LogP contribution in [-0.2, 0) is 13.0 Å². The molecule has 0 fully saturated rings. The highest BCUT2D eigenvalue weighted by molar-refractivity contribution is 5.85. The fourth-order valence-corrected chi connectivity index (χ4v) is 1.89. The van der Waals surface area contributed by atoms with Crippen molar-refractivity contribution in [3.63, 3.8) is 0 Å². The molecule has 1 aliphatic rings. The molecule has 1 aliphatic heterocycles. The van der Waals surface area contributed by atoms with Gasteiger partial charge in [0.15, 0.2) is 5.65 Å². The summed E-state index contributed by atoms with van der Waals surface area (Å²) in [5, 5.41) is 4.48. The Morgan fingerprint density at radius 3 is 3.00 bits per heavy atom. The molecule has 86 valence electrons. The third kappa shape index (κ3) is 2.26. The van der Waals surface area contributed by atoms with Crippen molar-refractivity contribution in [3.05, 3.63) is 35.7 Å². The van der Waals surface area contributed by atoms with Crippen LogP contribution in [0.1, 0.15) is 11.3 Å². The van der Waals surface area contributed by atoms with Crippen molar-refractivity contribution in [2.45, 2.75) is 13.0 Å². The van der Waals surface area contributed by atoms with Gasteiger partial charge in [-0.2, -0.15) is 0 Å². The van der Waals surface area contributed by atoms with Crippen LogP contribution >= 0.6 is 24.8 Å². The standard InChI is InChI=1S/C11H11N3.2ClH/c1-2-8-6-9-7-12-5-3-10(9)14-11(8)13-4-1;;/h1-2,4,6,12H,3,5,7H2;2*1H. The Hall–Kier alpha value is -0.900. The zero-order valence-electron chi connectivity index (χ0n) is 8.64. The summed E-state index contributed by atoms with van der Waals surface area (Å²) in [5.74, 6) is 0. The molecule has 0 amide bonds. The minimum atomic E-state index is 0. The van der Waals surface area contributed by atoms with E-state index < -0.39 is 0 Å². The molecule has 0 aliphatic carbocycles. The predicted octanol–water partition coefficient (Wildman–Crippen LogP) is 2.12. The monoisotopic (exact) mass is 257 g/mol. The fraction of sp³-hybridized carbons (Fsp3) is 0.273. The van der Waals surface area contributed by atoms with Crippen LogP contribution in [0.15, 0.2) is 24.4 Å². The van der Waals surface area contributed by atoms with Crippen molar-refractivity contribution < 1.29 is 0 Å². The molecule has 2 aromatic heterocycles. The van der Waals surface area contributed by atoms with Crippen LogP contribution in [0.5, 0.6) is 0 Å². The Bertz CT molecular complexity index is 443. The maximum absolute atomic E-state index is 4.56. The van der Waals surface area contributed by atoms with Gasteiger partial charge in [0.2, 0.25) is 0 Å². The molecular formula is C11H13Cl2N3. The largest absolute Gasteiger partial charge is 0.312 e. The van der Waals surface area contributed by atoms with Crippen molar-refractivity contribution in [1.82, 2.24) is 15.3 Å². The summed E-state index contributed by atoms with van der Waals surface area (Å²) in [6.07, 6.45) is 2.81. The molecule has 0 bridgehead atoms. The van der Waals surface area contributed by atoms with Gasteiger partial charge in [-0.3, -0.25) is 0 Å². The van der Waals surface area contributed by atoms with E-state index in [1.54, 1.807) is 6.20 Å². The molecule has 1 N–H and O–H groups in total. The van der Waals surface area contributed by atoms with Crippen LogP contribution in [0.2, 0.25) is 0 Å². The Morgan fingerprint density at radius 1 is 1.25 bits per heavy atom. The molecule has 0 saturated heterocycles. The van der Waals surface area contributed by atoms with Crippen LogP contribution in [0.4, 0.5) is 0 Å². The van der Waals surface area contributed by atoms with Gasteiger partial charge in [-0.05, 0) is 23.8 Å². The molecular weight excluding hydrogens is 245 g/mol. The van der Waals surface area contributed by atoms with Gasteiger partial charge in [-0.15, -0.1) is 24.8 Å². The Labute approximate surface area is 106 Å². The number of hydrogen-bond acceptors (Lipinski definition) is 3. The molecule has 0 spiro atoms. The first-order chi connectivity index (χ1) is 6.93. The predicted molar refractivity (Wildman–Crippen MR) is 69.4 cm³/mol. The topological polar surface area (TPSA) is 37.8 Å². The Balaban J connectivity index is 0.000000640. The molecule has 0 saturated carbocycles. The number of rotatable bonds is 0. The molecule has 3 heterocycles. The van der Waals surface area contributed by atoms with Crippen molar-refractivity contribution in [1.29, 1.82) is 0 Å². The van der Waals surface area contributed by atoms with Crippen LogP contribution in [-0.4, -0.2) is 16.5 Å². The van der Waals surface area contributed by atoms with E-state index in [4.69, 9.17) is 0 Å². The second kappa shape index (κ2) is 5.43. The average molecular weight is 258 g/mol. The van der Waals surface area contributed by atoms with Gasteiger partial charge < -0.3 is 5.32 Å². The minimum Gasteiger partial charge on any atom is -0.312 e. The quantitative estimate of drug-likeness (QED) is 0.786. The summed E-state index contributed by atoms with van der Waals surface area (Å²) in [4.78, 5) is 8.82. The highest BCUT2D eigenvalue weighted by Gasteiger charge is 2.10. The van der Waals surface area contributed by atoms with E-state index in [0.29, 0.717) is 0 Å². The molecule has 3 nitrogen and oxygen atoms in total. The van der Waals surface area contributed by atoms with E-state index >= 15 is 0 Å². The first-order valence-corrected chi connectivity index (χ1v) is 4.88. The SMILES string of the molecule is Cl.Cl.c1cnc2nc3c(cc2c1)CNCC3. The van der Waals surface area contributed by atoms with Crippen molar-refractivity contribution >= 4 is 35.8 Å². The third-order valence-corrected chi connectivity index (χ3v) is 2.61. The van der Waals surface area contributed by atoms with Crippen molar-refractivity contribution in [2.24, 2.45) is 0 Å². The number of hydrogen-bond donors (Lipinski definition) is 1. The molecule has 3 rings (SSSR count). The minimum absolute atomic E-state index is 0. The molecule has 2 aromatic rings. The Morgan fingerprint density at radius 2 is 2.12 bits per heavy atom. The van der Waals surface area contributed by atoms with Crippen LogP contribution < -0.4 is 5.32 Å². The van der Waals surface area contributed by atoms with Gasteiger partial charge in [-0.1, -0.05) is 0 Å². The normalized spacial score (nSPS) is 13.5. The number of pyridine rings is 2. The number of nitrogens with one attached hydrogen (secondary N) is 1. The summed E-state index contributed by atoms with van der Waals surface area (Å²) in [6.45, 7) is 1.96. The van der Waals surface area contributed by atoms with E-state index in [-0.39, 0.29) is 24.8 Å². The highest BCUT2D eigenvalue weighted by atomic mass is 35.5. The lowest BCUT2D eigenvalue weighted by Gasteiger charge is -2.16. The lowest BCUT2D eigenvalue weighted by molar-refractivity contribution is 0.632. The van der Waals surface area contributed by atoms with Gasteiger partial charge in [-0.25, -0.2) is 9.97 Å². The third-order valence-electron chi connectivity index (χ3n) is 2.61. The van der Waals surface area contributed by atoms with Gasteiger partial charge in [0.1, 0.15) is 0 Å². The van der Waals surface area contributed by atoms with E-state index in [1.165, 1.54) is 11.3 Å². The molecule has 5 heteroatoms. The molecule has 0 radical (unpaired) electrons. The fourth-order valence-electron chi connectivity index (χ4n) is 1.89. The maximum Gasteiger partial charge on any atom is 0.159 e. The van der Waals surface area contributed by atoms with E-state index in [2.05, 4.69) is 27.4 Å². The van der Waals surface area contributed by atoms with Gasteiger partial charge in [0.25, 0.3) is 0 Å². The van der Waals surface area contributed by atoms with Gasteiger partial charge in [0, 0.05) is 36.8 Å². The van der Waals surface area contributed by atoms with Crippen LogP contribution in [0.25, 0.3) is 11.0 Å². The summed E-state index contributed by atoms with van der Waals surface area (Å²) in [6, 6.07) is 6.20. The summed E-state index contributed by atoms with van der Waals surface area (Å²) >= 11 is 0. The lowest BCUT2D eigenvalue weighted by Crippen LogP contribution is -2.24.